The van der Waals surface area contributed by atoms with Crippen LogP contribution in [0.1, 0.15) is 10.4 Å². The smallest absolute Gasteiger partial charge is 0.184 e. The normalized spacial score (nSPS) is 11.1. The van der Waals surface area contributed by atoms with E-state index >= 15 is 0 Å². The van der Waals surface area contributed by atoms with Gasteiger partial charge < -0.3 is 9.13 Å². The van der Waals surface area contributed by atoms with Crippen molar-refractivity contribution in [2.45, 2.75) is 6.54 Å². The summed E-state index contributed by atoms with van der Waals surface area (Å²) in [6.45, 7) is 0.303. The Morgan fingerprint density at radius 1 is 1.21 bits per heavy atom. The average molecular weight is 273 g/mol. The van der Waals surface area contributed by atoms with Crippen LogP contribution in [0.3, 0.4) is 0 Å². The lowest BCUT2D eigenvalue weighted by atomic mass is 10.2. The molecule has 0 fully saturated rings. The molecule has 1 aromatic carbocycles. The number of aryl methyl sites for hydroxylation is 1. The van der Waals surface area contributed by atoms with Gasteiger partial charge in [-0.15, -0.1) is 0 Å². The molecule has 0 atom stereocenters. The molecular formula is C15H13ClN2O. The van der Waals surface area contributed by atoms with Crippen LogP contribution in [0.15, 0.2) is 48.9 Å². The van der Waals surface area contributed by atoms with Gasteiger partial charge in [-0.25, -0.2) is 0 Å². The molecular weight excluding hydrogens is 260 g/mol. The lowest BCUT2D eigenvalue weighted by Crippen LogP contribution is -2.09. The van der Waals surface area contributed by atoms with Crippen LogP contribution in [0.5, 0.6) is 0 Å². The third-order valence-corrected chi connectivity index (χ3v) is 3.51. The Labute approximate surface area is 116 Å². The summed E-state index contributed by atoms with van der Waals surface area (Å²) in [7, 11) is 1.90. The Kier molecular flexibility index (Phi) is 2.91. The van der Waals surface area contributed by atoms with Gasteiger partial charge in [0.25, 0.3) is 0 Å². The Morgan fingerprint density at radius 2 is 2.05 bits per heavy atom. The monoisotopic (exact) mass is 272 g/mol. The lowest BCUT2D eigenvalue weighted by molar-refractivity contribution is 0.0973. The molecule has 0 N–H and O–H groups in total. The standard InChI is InChI=1S/C15H13ClN2O/c1-17-7-5-12(9-17)14(19)10-18-8-6-11-3-2-4-13(16)15(11)18/h2-9H,10H2,1H3. The molecule has 3 nitrogen and oxygen atoms in total. The summed E-state index contributed by atoms with van der Waals surface area (Å²) < 4.78 is 3.76. The molecule has 96 valence electrons. The number of benzene rings is 1. The van der Waals surface area contributed by atoms with Crippen LogP contribution in [-0.4, -0.2) is 14.9 Å². The van der Waals surface area contributed by atoms with Crippen molar-refractivity contribution in [1.29, 1.82) is 0 Å². The minimum atomic E-state index is 0.0815. The molecule has 3 rings (SSSR count). The number of Topliss-reactive ketones (excluding diaryl/α,β-unsaturated/α-hetero) is 1. The SMILES string of the molecule is Cn1ccc(C(=O)Cn2ccc3cccc(Cl)c32)c1. The van der Waals surface area contributed by atoms with Crippen molar-refractivity contribution < 1.29 is 4.79 Å². The van der Waals surface area contributed by atoms with Gasteiger partial charge in [-0.1, -0.05) is 23.7 Å². The molecule has 0 aliphatic carbocycles. The minimum absolute atomic E-state index is 0.0815. The van der Waals surface area contributed by atoms with Crippen LogP contribution in [0.2, 0.25) is 5.02 Å². The van der Waals surface area contributed by atoms with E-state index in [1.54, 1.807) is 0 Å². The number of hydrogen-bond donors (Lipinski definition) is 0. The predicted molar refractivity (Wildman–Crippen MR) is 76.7 cm³/mol. The zero-order chi connectivity index (χ0) is 13.4. The fourth-order valence-corrected chi connectivity index (χ4v) is 2.55. The molecule has 0 radical (unpaired) electrons. The fraction of sp³-hybridized carbons (Fsp3) is 0.133. The molecule has 2 heterocycles. The molecule has 3 aromatic rings. The van der Waals surface area contributed by atoms with Gasteiger partial charge in [0.05, 0.1) is 17.1 Å². The van der Waals surface area contributed by atoms with Crippen LogP contribution < -0.4 is 0 Å². The number of halogens is 1. The Morgan fingerprint density at radius 3 is 2.79 bits per heavy atom. The summed E-state index contributed by atoms with van der Waals surface area (Å²) >= 11 is 6.20. The van der Waals surface area contributed by atoms with Gasteiger partial charge >= 0.3 is 0 Å². The molecule has 0 aliphatic rings. The van der Waals surface area contributed by atoms with E-state index < -0.39 is 0 Å². The van der Waals surface area contributed by atoms with Crippen molar-refractivity contribution in [3.8, 4) is 0 Å². The van der Waals surface area contributed by atoms with Gasteiger partial charge in [-0.2, -0.15) is 0 Å². The summed E-state index contributed by atoms with van der Waals surface area (Å²) in [5.74, 6) is 0.0815. The van der Waals surface area contributed by atoms with Crippen molar-refractivity contribution in [2.24, 2.45) is 7.05 Å². The van der Waals surface area contributed by atoms with E-state index in [1.165, 1.54) is 0 Å². The Balaban J connectivity index is 1.96. The minimum Gasteiger partial charge on any atom is -0.357 e. The quantitative estimate of drug-likeness (QED) is 0.670. The van der Waals surface area contributed by atoms with Gasteiger partial charge in [-0.3, -0.25) is 4.79 Å². The van der Waals surface area contributed by atoms with Crippen LogP contribution in [0, 0.1) is 0 Å². The maximum absolute atomic E-state index is 12.2. The second-order valence-corrected chi connectivity index (χ2v) is 5.02. The number of nitrogens with zero attached hydrogens (tertiary/aromatic N) is 2. The number of fused-ring (bicyclic) bond motifs is 1. The van der Waals surface area contributed by atoms with Gasteiger partial charge in [0.1, 0.15) is 0 Å². The van der Waals surface area contributed by atoms with Crippen LogP contribution in [0.25, 0.3) is 10.9 Å². The first-order valence-electron chi connectivity index (χ1n) is 6.04. The molecule has 0 bridgehead atoms. The highest BCUT2D eigenvalue weighted by atomic mass is 35.5. The summed E-state index contributed by atoms with van der Waals surface area (Å²) in [5.41, 5.74) is 1.63. The number of aromatic nitrogens is 2. The maximum atomic E-state index is 12.2. The van der Waals surface area contributed by atoms with Gasteiger partial charge in [0.15, 0.2) is 5.78 Å². The van der Waals surface area contributed by atoms with Crippen molar-refractivity contribution in [3.05, 3.63) is 59.5 Å². The highest BCUT2D eigenvalue weighted by Gasteiger charge is 2.11. The Hall–Kier alpha value is -2.00. The Bertz CT molecular complexity index is 754. The first kappa shape index (κ1) is 12.1. The molecule has 0 saturated carbocycles. The second-order valence-electron chi connectivity index (χ2n) is 4.61. The van der Waals surface area contributed by atoms with Gasteiger partial charge in [-0.05, 0) is 18.2 Å². The molecule has 4 heteroatoms. The van der Waals surface area contributed by atoms with Gasteiger partial charge in [0.2, 0.25) is 0 Å². The maximum Gasteiger partial charge on any atom is 0.184 e. The van der Waals surface area contributed by atoms with Crippen molar-refractivity contribution in [2.75, 3.05) is 0 Å². The van der Waals surface area contributed by atoms with Crippen molar-refractivity contribution in [3.63, 3.8) is 0 Å². The van der Waals surface area contributed by atoms with E-state index in [9.17, 15) is 4.79 Å². The van der Waals surface area contributed by atoms with E-state index in [2.05, 4.69) is 0 Å². The summed E-state index contributed by atoms with van der Waals surface area (Å²) in [4.78, 5) is 12.2. The highest BCUT2D eigenvalue weighted by molar-refractivity contribution is 6.35. The second kappa shape index (κ2) is 4.59. The third-order valence-electron chi connectivity index (χ3n) is 3.21. The number of para-hydroxylation sites is 1. The number of carbonyl (C=O) groups excluding carboxylic acids is 1. The fourth-order valence-electron chi connectivity index (χ4n) is 2.26. The highest BCUT2D eigenvalue weighted by Crippen LogP contribution is 2.24. The summed E-state index contributed by atoms with van der Waals surface area (Å²) in [6.07, 6.45) is 5.60. The number of rotatable bonds is 3. The lowest BCUT2D eigenvalue weighted by Gasteiger charge is -2.05. The first-order valence-corrected chi connectivity index (χ1v) is 6.41. The zero-order valence-electron chi connectivity index (χ0n) is 10.5. The number of hydrogen-bond acceptors (Lipinski definition) is 1. The number of ketones is 1. The molecule has 19 heavy (non-hydrogen) atoms. The van der Waals surface area contributed by atoms with Crippen LogP contribution in [0.4, 0.5) is 0 Å². The van der Waals surface area contributed by atoms with E-state index in [-0.39, 0.29) is 5.78 Å². The van der Waals surface area contributed by atoms with Crippen molar-refractivity contribution in [1.82, 2.24) is 9.13 Å². The average Bonchev–Trinajstić information content (AvgIpc) is 2.97. The molecule has 0 aliphatic heterocycles. The van der Waals surface area contributed by atoms with Crippen LogP contribution >= 0.6 is 11.6 Å². The van der Waals surface area contributed by atoms with Gasteiger partial charge in [0, 0.05) is 36.6 Å². The largest absolute Gasteiger partial charge is 0.357 e. The molecule has 2 aromatic heterocycles. The summed E-state index contributed by atoms with van der Waals surface area (Å²) in [6, 6.07) is 9.54. The van der Waals surface area contributed by atoms with E-state index in [1.807, 2.05) is 65.1 Å². The summed E-state index contributed by atoms with van der Waals surface area (Å²) in [5, 5.41) is 1.72. The van der Waals surface area contributed by atoms with E-state index in [0.717, 1.165) is 16.5 Å². The molecule has 0 saturated heterocycles. The zero-order valence-corrected chi connectivity index (χ0v) is 11.3. The molecule has 0 spiro atoms. The van der Waals surface area contributed by atoms with Crippen molar-refractivity contribution >= 4 is 28.3 Å². The van der Waals surface area contributed by atoms with E-state index in [0.29, 0.717) is 11.6 Å². The molecule has 0 unspecified atom stereocenters. The van der Waals surface area contributed by atoms with E-state index in [4.69, 9.17) is 11.6 Å². The number of carbonyl (C=O) groups is 1. The van der Waals surface area contributed by atoms with Crippen LogP contribution in [-0.2, 0) is 13.6 Å². The third kappa shape index (κ3) is 2.17. The predicted octanol–water partition coefficient (Wildman–Crippen LogP) is 3.52. The first-order chi connectivity index (χ1) is 9.15. The molecule has 0 amide bonds. The topological polar surface area (TPSA) is 26.9 Å².